The molecule has 0 spiro atoms. The van der Waals surface area contributed by atoms with Crippen LogP contribution in [-0.4, -0.2) is 55.8 Å². The van der Waals surface area contributed by atoms with Crippen LogP contribution >= 0.6 is 0 Å². The van der Waals surface area contributed by atoms with E-state index in [2.05, 4.69) is 5.32 Å². The van der Waals surface area contributed by atoms with Crippen molar-refractivity contribution in [2.45, 2.75) is 12.5 Å². The van der Waals surface area contributed by atoms with Crippen molar-refractivity contribution in [2.75, 3.05) is 34.3 Å². The minimum Gasteiger partial charge on any atom is -0.497 e. The van der Waals surface area contributed by atoms with Crippen molar-refractivity contribution >= 4 is 5.91 Å². The topological polar surface area (TPSA) is 61.8 Å². The van der Waals surface area contributed by atoms with E-state index in [9.17, 15) is 9.90 Å². The molecule has 1 unspecified atom stereocenters. The highest BCUT2D eigenvalue weighted by Gasteiger charge is 2.22. The summed E-state index contributed by atoms with van der Waals surface area (Å²) in [6, 6.07) is 6.84. The van der Waals surface area contributed by atoms with Crippen LogP contribution in [0.3, 0.4) is 0 Å². The number of methoxy groups -OCH3 is 1. The molecule has 1 aromatic rings. The van der Waals surface area contributed by atoms with Crippen LogP contribution in [0.4, 0.5) is 0 Å². The van der Waals surface area contributed by atoms with Gasteiger partial charge in [0.05, 0.1) is 12.7 Å². The minimum atomic E-state index is -0.953. The number of ether oxygens (including phenoxy) is 1. The molecule has 0 aliphatic heterocycles. The van der Waals surface area contributed by atoms with Gasteiger partial charge in [-0.1, -0.05) is 0 Å². The Labute approximate surface area is 114 Å². The van der Waals surface area contributed by atoms with Crippen LogP contribution in [0.2, 0.25) is 0 Å². The molecule has 0 aromatic heterocycles. The fourth-order valence-corrected chi connectivity index (χ4v) is 1.85. The lowest BCUT2D eigenvalue weighted by molar-refractivity contribution is 0.0326. The van der Waals surface area contributed by atoms with Gasteiger partial charge in [0.2, 0.25) is 0 Å². The number of benzene rings is 1. The summed E-state index contributed by atoms with van der Waals surface area (Å²) < 4.78 is 5.03. The maximum absolute atomic E-state index is 11.9. The van der Waals surface area contributed by atoms with Crippen LogP contribution in [0, 0.1) is 0 Å². The predicted octanol–water partition coefficient (Wildman–Crippen LogP) is 0.738. The number of rotatable bonds is 6. The van der Waals surface area contributed by atoms with Crippen molar-refractivity contribution < 1.29 is 14.6 Å². The van der Waals surface area contributed by atoms with Crippen LogP contribution < -0.4 is 10.1 Å². The Morgan fingerprint density at radius 2 is 1.95 bits per heavy atom. The van der Waals surface area contributed by atoms with Crippen molar-refractivity contribution in [1.29, 1.82) is 0 Å². The maximum atomic E-state index is 11.9. The zero-order valence-corrected chi connectivity index (χ0v) is 11.9. The first-order valence-electron chi connectivity index (χ1n) is 6.13. The molecule has 1 aromatic carbocycles. The largest absolute Gasteiger partial charge is 0.497 e. The van der Waals surface area contributed by atoms with Crippen molar-refractivity contribution in [3.05, 3.63) is 29.8 Å². The molecule has 5 heteroatoms. The van der Waals surface area contributed by atoms with Gasteiger partial charge in [-0.25, -0.2) is 0 Å². The SMILES string of the molecule is COc1ccc(C(=O)NCC(C)(O)CN(C)C)cc1. The summed E-state index contributed by atoms with van der Waals surface area (Å²) in [6.07, 6.45) is 0. The Morgan fingerprint density at radius 3 is 2.42 bits per heavy atom. The molecule has 106 valence electrons. The van der Waals surface area contributed by atoms with Crippen LogP contribution in [0.15, 0.2) is 24.3 Å². The van der Waals surface area contributed by atoms with E-state index in [1.165, 1.54) is 0 Å². The molecule has 0 saturated heterocycles. The van der Waals surface area contributed by atoms with E-state index in [-0.39, 0.29) is 12.5 Å². The lowest BCUT2D eigenvalue weighted by atomic mass is 10.1. The molecule has 2 N–H and O–H groups in total. The van der Waals surface area contributed by atoms with Gasteiger partial charge >= 0.3 is 0 Å². The van der Waals surface area contributed by atoms with E-state index in [1.54, 1.807) is 38.3 Å². The number of hydrogen-bond acceptors (Lipinski definition) is 4. The molecule has 0 aliphatic rings. The number of nitrogens with zero attached hydrogens (tertiary/aromatic N) is 1. The fourth-order valence-electron chi connectivity index (χ4n) is 1.85. The number of likely N-dealkylation sites (N-methyl/N-ethyl adjacent to an activating group) is 1. The summed E-state index contributed by atoms with van der Waals surface area (Å²) in [7, 11) is 5.33. The molecule has 19 heavy (non-hydrogen) atoms. The van der Waals surface area contributed by atoms with Gasteiger partial charge in [0.25, 0.3) is 5.91 Å². The van der Waals surface area contributed by atoms with Gasteiger partial charge in [0.15, 0.2) is 0 Å². The van der Waals surface area contributed by atoms with E-state index in [4.69, 9.17) is 4.74 Å². The van der Waals surface area contributed by atoms with Gasteiger partial charge in [-0.2, -0.15) is 0 Å². The number of carbonyl (C=O) groups is 1. The molecule has 0 fully saturated rings. The van der Waals surface area contributed by atoms with Crippen LogP contribution in [-0.2, 0) is 0 Å². The normalized spacial score (nSPS) is 14.0. The monoisotopic (exact) mass is 266 g/mol. The molecule has 0 bridgehead atoms. The average Bonchev–Trinajstić information content (AvgIpc) is 2.34. The highest BCUT2D eigenvalue weighted by molar-refractivity contribution is 5.94. The Morgan fingerprint density at radius 1 is 1.37 bits per heavy atom. The molecular formula is C14H22N2O3. The summed E-state index contributed by atoms with van der Waals surface area (Å²) in [4.78, 5) is 13.8. The summed E-state index contributed by atoms with van der Waals surface area (Å²) in [6.45, 7) is 2.38. The predicted molar refractivity (Wildman–Crippen MR) is 74.5 cm³/mol. The summed E-state index contributed by atoms with van der Waals surface area (Å²) in [5, 5.41) is 12.8. The van der Waals surface area contributed by atoms with E-state index in [1.807, 2.05) is 19.0 Å². The zero-order valence-electron chi connectivity index (χ0n) is 11.9. The molecule has 0 aliphatic carbocycles. The van der Waals surface area contributed by atoms with Gasteiger partial charge in [-0.15, -0.1) is 0 Å². The summed E-state index contributed by atoms with van der Waals surface area (Å²) >= 11 is 0. The van der Waals surface area contributed by atoms with E-state index in [0.717, 1.165) is 0 Å². The Hall–Kier alpha value is -1.59. The quantitative estimate of drug-likeness (QED) is 0.797. The van der Waals surface area contributed by atoms with Crippen molar-refractivity contribution in [3.63, 3.8) is 0 Å². The van der Waals surface area contributed by atoms with Gasteiger partial charge in [0.1, 0.15) is 5.75 Å². The van der Waals surface area contributed by atoms with E-state index >= 15 is 0 Å². The second-order valence-electron chi connectivity index (χ2n) is 5.15. The van der Waals surface area contributed by atoms with Crippen LogP contribution in [0.25, 0.3) is 0 Å². The Balaban J connectivity index is 2.55. The molecule has 1 amide bonds. The maximum Gasteiger partial charge on any atom is 0.251 e. The van der Waals surface area contributed by atoms with Gasteiger partial charge in [-0.3, -0.25) is 4.79 Å². The van der Waals surface area contributed by atoms with Gasteiger partial charge in [-0.05, 0) is 45.3 Å². The molecule has 5 nitrogen and oxygen atoms in total. The number of aliphatic hydroxyl groups is 1. The molecule has 0 radical (unpaired) electrons. The van der Waals surface area contributed by atoms with Gasteiger partial charge < -0.3 is 20.1 Å². The number of carbonyl (C=O) groups excluding carboxylic acids is 1. The van der Waals surface area contributed by atoms with Crippen molar-refractivity contribution in [3.8, 4) is 5.75 Å². The number of hydrogen-bond donors (Lipinski definition) is 2. The third-order valence-electron chi connectivity index (χ3n) is 2.64. The highest BCUT2D eigenvalue weighted by Crippen LogP contribution is 2.11. The minimum absolute atomic E-state index is 0.204. The Bertz CT molecular complexity index is 413. The standard InChI is InChI=1S/C14H22N2O3/c1-14(18,10-16(2)3)9-15-13(17)11-5-7-12(19-4)8-6-11/h5-8,18H,9-10H2,1-4H3,(H,15,17). The zero-order chi connectivity index (χ0) is 14.5. The Kier molecular flexibility index (Phi) is 5.32. The molecule has 1 atom stereocenters. The average molecular weight is 266 g/mol. The van der Waals surface area contributed by atoms with E-state index in [0.29, 0.717) is 17.9 Å². The number of amides is 1. The first-order chi connectivity index (χ1) is 8.84. The van der Waals surface area contributed by atoms with E-state index < -0.39 is 5.60 Å². The lowest BCUT2D eigenvalue weighted by Crippen LogP contribution is -2.47. The first-order valence-corrected chi connectivity index (χ1v) is 6.13. The first kappa shape index (κ1) is 15.5. The van der Waals surface area contributed by atoms with Gasteiger partial charge in [0, 0.05) is 18.7 Å². The third-order valence-corrected chi connectivity index (χ3v) is 2.64. The third kappa shape index (κ3) is 5.28. The molecule has 1 rings (SSSR count). The van der Waals surface area contributed by atoms with Crippen molar-refractivity contribution in [1.82, 2.24) is 10.2 Å². The molecule has 0 heterocycles. The number of nitrogens with one attached hydrogen (secondary N) is 1. The highest BCUT2D eigenvalue weighted by atomic mass is 16.5. The molecular weight excluding hydrogens is 244 g/mol. The summed E-state index contributed by atoms with van der Waals surface area (Å²) in [5.74, 6) is 0.498. The smallest absolute Gasteiger partial charge is 0.251 e. The van der Waals surface area contributed by atoms with Crippen molar-refractivity contribution in [2.24, 2.45) is 0 Å². The van der Waals surface area contributed by atoms with Crippen LogP contribution in [0.1, 0.15) is 17.3 Å². The second-order valence-corrected chi connectivity index (χ2v) is 5.15. The van der Waals surface area contributed by atoms with Crippen LogP contribution in [0.5, 0.6) is 5.75 Å². The molecule has 0 saturated carbocycles. The lowest BCUT2D eigenvalue weighted by Gasteiger charge is -2.27. The second kappa shape index (κ2) is 6.54. The summed E-state index contributed by atoms with van der Waals surface area (Å²) in [5.41, 5.74) is -0.410. The fraction of sp³-hybridized carbons (Fsp3) is 0.500.